The van der Waals surface area contributed by atoms with Gasteiger partial charge in [0.05, 0.1) is 12.6 Å². The normalized spacial score (nSPS) is 18.7. The first kappa shape index (κ1) is 14.2. The van der Waals surface area contributed by atoms with Gasteiger partial charge in [-0.15, -0.1) is 0 Å². The summed E-state index contributed by atoms with van der Waals surface area (Å²) in [5.74, 6) is 0. The summed E-state index contributed by atoms with van der Waals surface area (Å²) in [4.78, 5) is 6.44. The summed E-state index contributed by atoms with van der Waals surface area (Å²) in [5.41, 5.74) is 1.31. The third-order valence-electron chi connectivity index (χ3n) is 4.19. The van der Waals surface area contributed by atoms with Gasteiger partial charge in [-0.05, 0) is 38.5 Å². The molecule has 1 atom stereocenters. The first-order valence-corrected chi connectivity index (χ1v) is 7.63. The molecule has 0 aliphatic carbocycles. The number of hydrogen-bond acceptors (Lipinski definition) is 4. The van der Waals surface area contributed by atoms with Crippen LogP contribution in [0.4, 0.5) is 0 Å². The fourth-order valence-electron chi connectivity index (χ4n) is 2.91. The average molecular weight is 285 g/mol. The van der Waals surface area contributed by atoms with Gasteiger partial charge < -0.3 is 10.2 Å². The Morgan fingerprint density at radius 1 is 1.24 bits per heavy atom. The van der Waals surface area contributed by atoms with Crippen LogP contribution in [0.2, 0.25) is 0 Å². The molecule has 1 aromatic heterocycles. The molecule has 1 fully saturated rings. The molecule has 1 aliphatic rings. The number of hydrogen-bond donors (Lipinski definition) is 1. The molecule has 0 spiro atoms. The number of benzene rings is 1. The molecule has 2 aromatic rings. The van der Waals surface area contributed by atoms with Gasteiger partial charge in [0, 0.05) is 6.04 Å². The first-order chi connectivity index (χ1) is 10.3. The minimum Gasteiger partial charge on any atom is -0.306 e. The summed E-state index contributed by atoms with van der Waals surface area (Å²) in [7, 11) is 2.19. The SMILES string of the molecule is CN1CCC(NC(Cn2cncn2)c2ccccc2)CC1. The van der Waals surface area contributed by atoms with Crippen molar-refractivity contribution in [2.24, 2.45) is 0 Å². The van der Waals surface area contributed by atoms with Gasteiger partial charge in [-0.1, -0.05) is 30.3 Å². The highest BCUT2D eigenvalue weighted by atomic mass is 15.3. The van der Waals surface area contributed by atoms with E-state index in [-0.39, 0.29) is 6.04 Å². The summed E-state index contributed by atoms with van der Waals surface area (Å²) in [5, 5.41) is 8.06. The molecule has 112 valence electrons. The van der Waals surface area contributed by atoms with Crippen LogP contribution in [0.3, 0.4) is 0 Å². The summed E-state index contributed by atoms with van der Waals surface area (Å²) in [6, 6.07) is 11.5. The van der Waals surface area contributed by atoms with Crippen LogP contribution < -0.4 is 5.32 Å². The van der Waals surface area contributed by atoms with Crippen molar-refractivity contribution in [3.05, 3.63) is 48.5 Å². The van der Waals surface area contributed by atoms with E-state index in [4.69, 9.17) is 0 Å². The highest BCUT2D eigenvalue weighted by Crippen LogP contribution is 2.18. The van der Waals surface area contributed by atoms with E-state index in [0.29, 0.717) is 6.04 Å². The number of likely N-dealkylation sites (tertiary alicyclic amines) is 1. The predicted octanol–water partition coefficient (Wildman–Crippen LogP) is 1.70. The largest absolute Gasteiger partial charge is 0.306 e. The van der Waals surface area contributed by atoms with Crippen molar-refractivity contribution in [3.63, 3.8) is 0 Å². The van der Waals surface area contributed by atoms with Crippen LogP contribution in [-0.2, 0) is 6.54 Å². The monoisotopic (exact) mass is 285 g/mol. The molecule has 5 nitrogen and oxygen atoms in total. The number of nitrogens with zero attached hydrogens (tertiary/aromatic N) is 4. The van der Waals surface area contributed by atoms with Crippen LogP contribution in [-0.4, -0.2) is 45.8 Å². The third kappa shape index (κ3) is 3.89. The number of nitrogens with one attached hydrogen (secondary N) is 1. The van der Waals surface area contributed by atoms with E-state index < -0.39 is 0 Å². The van der Waals surface area contributed by atoms with Crippen molar-refractivity contribution in [3.8, 4) is 0 Å². The fourth-order valence-corrected chi connectivity index (χ4v) is 2.91. The molecule has 1 unspecified atom stereocenters. The molecule has 1 N–H and O–H groups in total. The van der Waals surface area contributed by atoms with Crippen LogP contribution in [0.15, 0.2) is 43.0 Å². The highest BCUT2D eigenvalue weighted by Gasteiger charge is 2.21. The maximum atomic E-state index is 4.24. The summed E-state index contributed by atoms with van der Waals surface area (Å²) < 4.78 is 1.90. The zero-order valence-corrected chi connectivity index (χ0v) is 12.5. The number of aromatic nitrogens is 3. The maximum absolute atomic E-state index is 4.24. The second-order valence-corrected chi connectivity index (χ2v) is 5.83. The minimum atomic E-state index is 0.279. The highest BCUT2D eigenvalue weighted by molar-refractivity contribution is 5.19. The minimum absolute atomic E-state index is 0.279. The topological polar surface area (TPSA) is 46.0 Å². The van der Waals surface area contributed by atoms with E-state index in [1.807, 2.05) is 4.68 Å². The van der Waals surface area contributed by atoms with Crippen molar-refractivity contribution in [1.29, 1.82) is 0 Å². The van der Waals surface area contributed by atoms with E-state index in [0.717, 1.165) is 6.54 Å². The molecule has 0 saturated carbocycles. The third-order valence-corrected chi connectivity index (χ3v) is 4.19. The van der Waals surface area contributed by atoms with Gasteiger partial charge in [0.1, 0.15) is 12.7 Å². The van der Waals surface area contributed by atoms with Crippen molar-refractivity contribution in [2.75, 3.05) is 20.1 Å². The molecule has 3 rings (SSSR count). The van der Waals surface area contributed by atoms with Crippen molar-refractivity contribution >= 4 is 0 Å². The van der Waals surface area contributed by atoms with Gasteiger partial charge >= 0.3 is 0 Å². The number of rotatable bonds is 5. The molecule has 0 bridgehead atoms. The van der Waals surface area contributed by atoms with E-state index in [1.54, 1.807) is 12.7 Å². The molecule has 0 amide bonds. The lowest BCUT2D eigenvalue weighted by Crippen LogP contribution is -2.43. The molecule has 1 aliphatic heterocycles. The van der Waals surface area contributed by atoms with Crippen LogP contribution in [0.1, 0.15) is 24.4 Å². The van der Waals surface area contributed by atoms with E-state index in [2.05, 4.69) is 57.7 Å². The Kier molecular flexibility index (Phi) is 4.62. The maximum Gasteiger partial charge on any atom is 0.137 e. The van der Waals surface area contributed by atoms with Crippen LogP contribution >= 0.6 is 0 Å². The van der Waals surface area contributed by atoms with Gasteiger partial charge in [-0.2, -0.15) is 5.10 Å². The second-order valence-electron chi connectivity index (χ2n) is 5.83. The molecule has 21 heavy (non-hydrogen) atoms. The number of piperidine rings is 1. The Morgan fingerprint density at radius 2 is 2.00 bits per heavy atom. The summed E-state index contributed by atoms with van der Waals surface area (Å²) in [6.07, 6.45) is 5.79. The predicted molar refractivity (Wildman–Crippen MR) is 82.9 cm³/mol. The van der Waals surface area contributed by atoms with Gasteiger partial charge in [0.25, 0.3) is 0 Å². The van der Waals surface area contributed by atoms with Gasteiger partial charge in [-0.25, -0.2) is 4.98 Å². The quantitative estimate of drug-likeness (QED) is 0.908. The molecular weight excluding hydrogens is 262 g/mol. The lowest BCUT2D eigenvalue weighted by atomic mass is 10.0. The second kappa shape index (κ2) is 6.83. The van der Waals surface area contributed by atoms with E-state index in [1.165, 1.54) is 31.5 Å². The van der Waals surface area contributed by atoms with Crippen LogP contribution in [0, 0.1) is 0 Å². The van der Waals surface area contributed by atoms with Crippen LogP contribution in [0.5, 0.6) is 0 Å². The Morgan fingerprint density at radius 3 is 2.67 bits per heavy atom. The first-order valence-electron chi connectivity index (χ1n) is 7.63. The Hall–Kier alpha value is -1.72. The molecule has 2 heterocycles. The lowest BCUT2D eigenvalue weighted by Gasteiger charge is -2.32. The van der Waals surface area contributed by atoms with Crippen molar-refractivity contribution in [1.82, 2.24) is 25.0 Å². The standard InChI is InChI=1S/C16H23N5/c1-20-9-7-15(8-10-20)19-16(11-21-13-17-12-18-21)14-5-3-2-4-6-14/h2-6,12-13,15-16,19H,7-11H2,1H3. The summed E-state index contributed by atoms with van der Waals surface area (Å²) >= 11 is 0. The molecule has 1 saturated heterocycles. The molecule has 0 radical (unpaired) electrons. The zero-order chi connectivity index (χ0) is 14.5. The Bertz CT molecular complexity index is 517. The summed E-state index contributed by atoms with van der Waals surface area (Å²) in [6.45, 7) is 3.15. The lowest BCUT2D eigenvalue weighted by molar-refractivity contribution is 0.219. The van der Waals surface area contributed by atoms with Crippen molar-refractivity contribution in [2.45, 2.75) is 31.5 Å². The van der Waals surface area contributed by atoms with E-state index in [9.17, 15) is 0 Å². The average Bonchev–Trinajstić information content (AvgIpc) is 3.03. The Balaban J connectivity index is 1.70. The molecular formula is C16H23N5. The van der Waals surface area contributed by atoms with Crippen molar-refractivity contribution < 1.29 is 0 Å². The Labute approximate surface area is 126 Å². The molecule has 5 heteroatoms. The smallest absolute Gasteiger partial charge is 0.137 e. The van der Waals surface area contributed by atoms with Gasteiger partial charge in [-0.3, -0.25) is 4.68 Å². The van der Waals surface area contributed by atoms with Gasteiger partial charge in [0.15, 0.2) is 0 Å². The zero-order valence-electron chi connectivity index (χ0n) is 12.5. The molecule has 1 aromatic carbocycles. The van der Waals surface area contributed by atoms with Crippen LogP contribution in [0.25, 0.3) is 0 Å². The fraction of sp³-hybridized carbons (Fsp3) is 0.500. The van der Waals surface area contributed by atoms with E-state index >= 15 is 0 Å². The van der Waals surface area contributed by atoms with Gasteiger partial charge in [0.2, 0.25) is 0 Å².